The molecule has 0 fully saturated rings. The molecule has 2 rings (SSSR count). The van der Waals surface area contributed by atoms with Crippen molar-refractivity contribution in [1.82, 2.24) is 9.97 Å². The molecule has 104 valence electrons. The van der Waals surface area contributed by atoms with Crippen molar-refractivity contribution >= 4 is 23.4 Å². The smallest absolute Gasteiger partial charge is 0.337 e. The predicted molar refractivity (Wildman–Crippen MR) is 77.4 cm³/mol. The van der Waals surface area contributed by atoms with E-state index in [1.807, 2.05) is 30.1 Å². The van der Waals surface area contributed by atoms with Gasteiger partial charge in [-0.1, -0.05) is 17.7 Å². The van der Waals surface area contributed by atoms with Gasteiger partial charge in [-0.3, -0.25) is 4.98 Å². The van der Waals surface area contributed by atoms with Gasteiger partial charge in [0.15, 0.2) is 0 Å². The molecule has 0 saturated heterocycles. The van der Waals surface area contributed by atoms with Crippen molar-refractivity contribution in [1.29, 1.82) is 0 Å². The molecule has 1 N–H and O–H groups in total. The Kier molecular flexibility index (Phi) is 4.53. The van der Waals surface area contributed by atoms with Gasteiger partial charge < -0.3 is 10.0 Å². The lowest BCUT2D eigenvalue weighted by molar-refractivity contribution is 0.0696. The van der Waals surface area contributed by atoms with Crippen LogP contribution in [-0.2, 0) is 6.42 Å². The first-order valence-electron chi connectivity index (χ1n) is 6.08. The maximum Gasteiger partial charge on any atom is 0.337 e. The van der Waals surface area contributed by atoms with Crippen molar-refractivity contribution in [2.75, 3.05) is 18.5 Å². The second-order valence-corrected chi connectivity index (χ2v) is 4.73. The van der Waals surface area contributed by atoms with E-state index in [-0.39, 0.29) is 5.56 Å². The molecule has 0 bridgehead atoms. The standard InChI is InChI=1S/C14H14ClN3O2/c1-18(7-5-11-4-2-3-6-16-11)13-12(15)8-10(9-17-13)14(19)20/h2-4,6,8-9H,5,7H2,1H3,(H,19,20). The number of anilines is 1. The Hall–Kier alpha value is -2.14. The number of hydrogen-bond donors (Lipinski definition) is 1. The van der Waals surface area contributed by atoms with Crippen LogP contribution in [-0.4, -0.2) is 34.6 Å². The number of pyridine rings is 2. The van der Waals surface area contributed by atoms with E-state index in [0.29, 0.717) is 17.4 Å². The quantitative estimate of drug-likeness (QED) is 0.917. The molecule has 2 heterocycles. The number of carboxylic acid groups (broad SMARTS) is 1. The van der Waals surface area contributed by atoms with Crippen LogP contribution in [0.2, 0.25) is 5.02 Å². The lowest BCUT2D eigenvalue weighted by Gasteiger charge is -2.19. The second kappa shape index (κ2) is 6.34. The number of rotatable bonds is 5. The fourth-order valence-corrected chi connectivity index (χ4v) is 2.07. The van der Waals surface area contributed by atoms with E-state index in [9.17, 15) is 4.79 Å². The summed E-state index contributed by atoms with van der Waals surface area (Å²) in [6.45, 7) is 0.691. The van der Waals surface area contributed by atoms with Gasteiger partial charge in [0.05, 0.1) is 10.6 Å². The molecule has 0 aliphatic rings. The van der Waals surface area contributed by atoms with Crippen LogP contribution in [0.15, 0.2) is 36.7 Å². The summed E-state index contributed by atoms with van der Waals surface area (Å²) in [5.74, 6) is -0.477. The third-order valence-electron chi connectivity index (χ3n) is 2.86. The molecule has 0 amide bonds. The molecule has 0 saturated carbocycles. The number of nitrogens with zero attached hydrogens (tertiary/aromatic N) is 3. The molecule has 6 heteroatoms. The van der Waals surface area contributed by atoms with E-state index in [2.05, 4.69) is 9.97 Å². The van der Waals surface area contributed by atoms with Gasteiger partial charge in [-0.15, -0.1) is 0 Å². The second-order valence-electron chi connectivity index (χ2n) is 4.33. The maximum atomic E-state index is 10.8. The fraction of sp³-hybridized carbons (Fsp3) is 0.214. The van der Waals surface area contributed by atoms with Gasteiger partial charge in [0, 0.05) is 38.1 Å². The number of halogens is 1. The molecule has 0 spiro atoms. The Labute approximate surface area is 121 Å². The lowest BCUT2D eigenvalue weighted by Crippen LogP contribution is -2.22. The largest absolute Gasteiger partial charge is 0.478 e. The molecule has 0 aliphatic carbocycles. The minimum absolute atomic E-state index is 0.0804. The summed E-state index contributed by atoms with van der Waals surface area (Å²) in [5.41, 5.74) is 1.06. The monoisotopic (exact) mass is 291 g/mol. The summed E-state index contributed by atoms with van der Waals surface area (Å²) in [4.78, 5) is 21.1. The average Bonchev–Trinajstić information content (AvgIpc) is 2.45. The zero-order valence-electron chi connectivity index (χ0n) is 11.0. The Bertz CT molecular complexity index is 605. The summed E-state index contributed by atoms with van der Waals surface area (Å²) >= 11 is 6.07. The van der Waals surface area contributed by atoms with Crippen molar-refractivity contribution in [3.8, 4) is 0 Å². The third-order valence-corrected chi connectivity index (χ3v) is 3.14. The van der Waals surface area contributed by atoms with Gasteiger partial charge in [0.25, 0.3) is 0 Å². The highest BCUT2D eigenvalue weighted by molar-refractivity contribution is 6.33. The van der Waals surface area contributed by atoms with Crippen LogP contribution in [0.5, 0.6) is 0 Å². The summed E-state index contributed by atoms with van der Waals surface area (Å²) in [7, 11) is 1.86. The van der Waals surface area contributed by atoms with Crippen molar-refractivity contribution in [2.24, 2.45) is 0 Å². The van der Waals surface area contributed by atoms with E-state index >= 15 is 0 Å². The first-order chi connectivity index (χ1) is 9.58. The lowest BCUT2D eigenvalue weighted by atomic mass is 10.2. The molecule has 0 radical (unpaired) electrons. The van der Waals surface area contributed by atoms with Crippen molar-refractivity contribution < 1.29 is 9.90 Å². The van der Waals surface area contributed by atoms with Gasteiger partial charge in [-0.2, -0.15) is 0 Å². The molecule has 20 heavy (non-hydrogen) atoms. The summed E-state index contributed by atoms with van der Waals surface area (Å²) in [5, 5.41) is 9.20. The minimum atomic E-state index is -1.04. The third kappa shape index (κ3) is 3.45. The highest BCUT2D eigenvalue weighted by Gasteiger charge is 2.12. The zero-order valence-corrected chi connectivity index (χ0v) is 11.7. The van der Waals surface area contributed by atoms with Gasteiger partial charge in [0.1, 0.15) is 5.82 Å². The Morgan fingerprint density at radius 1 is 1.40 bits per heavy atom. The van der Waals surface area contributed by atoms with Crippen LogP contribution >= 0.6 is 11.6 Å². The number of aromatic nitrogens is 2. The Balaban J connectivity index is 2.06. The number of likely N-dealkylation sites (N-methyl/N-ethyl adjacent to an activating group) is 1. The molecular formula is C14H14ClN3O2. The maximum absolute atomic E-state index is 10.8. The van der Waals surface area contributed by atoms with E-state index in [1.165, 1.54) is 12.3 Å². The molecule has 0 unspecified atom stereocenters. The van der Waals surface area contributed by atoms with E-state index in [0.717, 1.165) is 12.1 Å². The van der Waals surface area contributed by atoms with Crippen LogP contribution in [0.1, 0.15) is 16.1 Å². The van der Waals surface area contributed by atoms with Crippen molar-refractivity contribution in [3.05, 3.63) is 52.9 Å². The molecule has 0 atom stereocenters. The van der Waals surface area contributed by atoms with Crippen LogP contribution < -0.4 is 4.90 Å². The fourth-order valence-electron chi connectivity index (χ4n) is 1.76. The number of hydrogen-bond acceptors (Lipinski definition) is 4. The van der Waals surface area contributed by atoms with Gasteiger partial charge >= 0.3 is 5.97 Å². The molecule has 2 aromatic heterocycles. The van der Waals surface area contributed by atoms with Crippen molar-refractivity contribution in [2.45, 2.75) is 6.42 Å². The average molecular weight is 292 g/mol. The van der Waals surface area contributed by atoms with Crippen LogP contribution in [0.3, 0.4) is 0 Å². The number of aromatic carboxylic acids is 1. The molecule has 0 aliphatic heterocycles. The topological polar surface area (TPSA) is 66.3 Å². The number of carbonyl (C=O) groups is 1. The molecule has 0 aromatic carbocycles. The van der Waals surface area contributed by atoms with Crippen LogP contribution in [0.25, 0.3) is 0 Å². The Morgan fingerprint density at radius 3 is 2.80 bits per heavy atom. The summed E-state index contributed by atoms with van der Waals surface area (Å²) in [6.07, 6.45) is 3.82. The first kappa shape index (κ1) is 14.3. The predicted octanol–water partition coefficient (Wildman–Crippen LogP) is 2.51. The van der Waals surface area contributed by atoms with Crippen LogP contribution in [0, 0.1) is 0 Å². The summed E-state index contributed by atoms with van der Waals surface area (Å²) in [6, 6.07) is 7.17. The van der Waals surface area contributed by atoms with Gasteiger partial charge in [0.2, 0.25) is 0 Å². The Morgan fingerprint density at radius 2 is 2.20 bits per heavy atom. The van der Waals surface area contributed by atoms with E-state index in [4.69, 9.17) is 16.7 Å². The van der Waals surface area contributed by atoms with Crippen molar-refractivity contribution in [3.63, 3.8) is 0 Å². The zero-order chi connectivity index (χ0) is 14.5. The highest BCUT2D eigenvalue weighted by Crippen LogP contribution is 2.23. The van der Waals surface area contributed by atoms with Gasteiger partial charge in [-0.05, 0) is 18.2 Å². The number of carboxylic acids is 1. The minimum Gasteiger partial charge on any atom is -0.478 e. The SMILES string of the molecule is CN(CCc1ccccn1)c1ncc(C(=O)O)cc1Cl. The van der Waals surface area contributed by atoms with E-state index < -0.39 is 5.97 Å². The summed E-state index contributed by atoms with van der Waals surface area (Å²) < 4.78 is 0. The first-order valence-corrected chi connectivity index (χ1v) is 6.45. The van der Waals surface area contributed by atoms with Gasteiger partial charge in [-0.25, -0.2) is 9.78 Å². The molecule has 2 aromatic rings. The molecular weight excluding hydrogens is 278 g/mol. The highest BCUT2D eigenvalue weighted by atomic mass is 35.5. The molecule has 5 nitrogen and oxygen atoms in total. The van der Waals surface area contributed by atoms with E-state index in [1.54, 1.807) is 6.20 Å². The van der Waals surface area contributed by atoms with Crippen LogP contribution in [0.4, 0.5) is 5.82 Å². The normalized spacial score (nSPS) is 10.3.